The summed E-state index contributed by atoms with van der Waals surface area (Å²) in [4.78, 5) is 11.2. The van der Waals surface area contributed by atoms with Crippen molar-refractivity contribution in [3.05, 3.63) is 0 Å². The minimum Gasteiger partial charge on any atom is -0.481 e. The molecule has 2 atom stereocenters. The largest absolute Gasteiger partial charge is 0.481 e. The second kappa shape index (κ2) is 9.57. The first-order valence-electron chi connectivity index (χ1n) is 9.20. The van der Waals surface area contributed by atoms with Crippen LogP contribution in [0.5, 0.6) is 0 Å². The van der Waals surface area contributed by atoms with Crippen molar-refractivity contribution in [3.8, 4) is 0 Å². The van der Waals surface area contributed by atoms with E-state index in [0.29, 0.717) is 12.3 Å². The first-order valence-corrected chi connectivity index (χ1v) is 9.20. The van der Waals surface area contributed by atoms with Gasteiger partial charge in [-0.15, -0.1) is 0 Å². The molecule has 0 aromatic carbocycles. The lowest BCUT2D eigenvalue weighted by Crippen LogP contribution is -2.30. The molecule has 0 aromatic rings. The zero-order valence-corrected chi connectivity index (χ0v) is 16.2. The molecule has 2 unspecified atom stereocenters. The fraction of sp³-hybridized carbons (Fsp3) is 0.950. The highest BCUT2D eigenvalue weighted by Crippen LogP contribution is 2.41. The predicted octanol–water partition coefficient (Wildman–Crippen LogP) is 6.54. The molecule has 0 aliphatic heterocycles. The van der Waals surface area contributed by atoms with E-state index in [-0.39, 0.29) is 16.7 Å². The Morgan fingerprint density at radius 3 is 1.77 bits per heavy atom. The number of hydrogen-bond donors (Lipinski definition) is 1. The Morgan fingerprint density at radius 2 is 1.36 bits per heavy atom. The van der Waals surface area contributed by atoms with Gasteiger partial charge in [-0.2, -0.15) is 0 Å². The summed E-state index contributed by atoms with van der Waals surface area (Å²) in [6.07, 6.45) is 9.13. The molecule has 22 heavy (non-hydrogen) atoms. The van der Waals surface area contributed by atoms with Gasteiger partial charge in [0.1, 0.15) is 0 Å². The van der Waals surface area contributed by atoms with Crippen molar-refractivity contribution in [3.63, 3.8) is 0 Å². The van der Waals surface area contributed by atoms with Gasteiger partial charge in [0.25, 0.3) is 0 Å². The molecule has 0 rings (SSSR count). The Labute approximate surface area is 139 Å². The smallest absolute Gasteiger partial charge is 0.303 e. The fourth-order valence-corrected chi connectivity index (χ4v) is 3.20. The molecule has 0 saturated heterocycles. The van der Waals surface area contributed by atoms with Gasteiger partial charge >= 0.3 is 5.97 Å². The fourth-order valence-electron chi connectivity index (χ4n) is 3.20. The highest BCUT2D eigenvalue weighted by molar-refractivity contribution is 5.67. The molecule has 0 aliphatic carbocycles. The lowest BCUT2D eigenvalue weighted by atomic mass is 9.67. The van der Waals surface area contributed by atoms with Crippen LogP contribution >= 0.6 is 0 Å². The molecular weight excluding hydrogens is 272 g/mol. The molecule has 1 N–H and O–H groups in total. The number of hydrogen-bond acceptors (Lipinski definition) is 1. The zero-order valence-electron chi connectivity index (χ0n) is 16.2. The number of carbonyl (C=O) groups is 1. The lowest BCUT2D eigenvalue weighted by Gasteiger charge is -2.38. The Balaban J connectivity index is 4.70. The summed E-state index contributed by atoms with van der Waals surface area (Å²) in [5.74, 6) is 0.207. The van der Waals surface area contributed by atoms with Crippen LogP contribution in [0.15, 0.2) is 0 Å². The summed E-state index contributed by atoms with van der Waals surface area (Å²) >= 11 is 0. The molecule has 0 saturated carbocycles. The van der Waals surface area contributed by atoms with Gasteiger partial charge in [-0.05, 0) is 35.5 Å². The molecule has 0 amide bonds. The average molecular weight is 313 g/mol. The highest BCUT2D eigenvalue weighted by Gasteiger charge is 2.33. The topological polar surface area (TPSA) is 37.3 Å². The highest BCUT2D eigenvalue weighted by atomic mass is 16.4. The van der Waals surface area contributed by atoms with E-state index in [1.807, 2.05) is 0 Å². The maximum absolute atomic E-state index is 11.2. The number of carboxylic acids is 1. The molecule has 2 heteroatoms. The van der Waals surface area contributed by atoms with Gasteiger partial charge in [-0.25, -0.2) is 0 Å². The molecule has 2 nitrogen and oxygen atoms in total. The van der Waals surface area contributed by atoms with E-state index in [1.54, 1.807) is 0 Å². The summed E-state index contributed by atoms with van der Waals surface area (Å²) in [5, 5.41) is 9.24. The Bertz CT molecular complexity index is 307. The zero-order chi connectivity index (χ0) is 17.4. The summed E-state index contributed by atoms with van der Waals surface area (Å²) < 4.78 is 0. The summed E-state index contributed by atoms with van der Waals surface area (Å²) in [6.45, 7) is 15.7. The van der Waals surface area contributed by atoms with Crippen LogP contribution < -0.4 is 0 Å². The van der Waals surface area contributed by atoms with Crippen molar-refractivity contribution in [1.82, 2.24) is 0 Å². The van der Waals surface area contributed by atoms with Crippen LogP contribution in [0, 0.1) is 22.7 Å². The molecule has 0 heterocycles. The van der Waals surface area contributed by atoms with Gasteiger partial charge in [-0.1, -0.05) is 80.6 Å². The molecule has 0 spiro atoms. The van der Waals surface area contributed by atoms with Crippen molar-refractivity contribution in [1.29, 1.82) is 0 Å². The van der Waals surface area contributed by atoms with E-state index in [1.165, 1.54) is 38.5 Å². The van der Waals surface area contributed by atoms with Crippen LogP contribution in [0.2, 0.25) is 0 Å². The molecule has 0 fully saturated rings. The van der Waals surface area contributed by atoms with E-state index in [0.717, 1.165) is 6.42 Å². The number of carboxylic acid groups (broad SMARTS) is 1. The molecule has 0 bridgehead atoms. The van der Waals surface area contributed by atoms with Crippen LogP contribution in [0.25, 0.3) is 0 Å². The summed E-state index contributed by atoms with van der Waals surface area (Å²) in [6, 6.07) is 0. The van der Waals surface area contributed by atoms with Crippen molar-refractivity contribution in [2.45, 2.75) is 99.8 Å². The Kier molecular flexibility index (Phi) is 9.34. The van der Waals surface area contributed by atoms with Crippen LogP contribution in [0.4, 0.5) is 0 Å². The van der Waals surface area contributed by atoms with E-state index in [2.05, 4.69) is 48.5 Å². The van der Waals surface area contributed by atoms with Crippen LogP contribution in [-0.2, 0) is 4.79 Å². The van der Waals surface area contributed by atoms with Crippen molar-refractivity contribution in [2.24, 2.45) is 22.7 Å². The third kappa shape index (κ3) is 9.48. The Morgan fingerprint density at radius 1 is 0.864 bits per heavy atom. The first-order chi connectivity index (χ1) is 9.98. The molecule has 0 aromatic heterocycles. The van der Waals surface area contributed by atoms with Crippen LogP contribution in [-0.4, -0.2) is 11.1 Å². The maximum atomic E-state index is 11.2. The summed E-state index contributed by atoms with van der Waals surface area (Å²) in [5.41, 5.74) is 0.316. The van der Waals surface area contributed by atoms with Crippen molar-refractivity contribution < 1.29 is 9.90 Å². The third-order valence-electron chi connectivity index (χ3n) is 5.10. The average Bonchev–Trinajstić information content (AvgIpc) is 2.32. The molecule has 132 valence electrons. The number of unbranched alkanes of at least 4 members (excludes halogenated alkanes) is 4. The third-order valence-corrected chi connectivity index (χ3v) is 5.10. The predicted molar refractivity (Wildman–Crippen MR) is 96.1 cm³/mol. The van der Waals surface area contributed by atoms with Gasteiger partial charge in [0.05, 0.1) is 0 Å². The van der Waals surface area contributed by atoms with Crippen LogP contribution in [0.1, 0.15) is 99.8 Å². The van der Waals surface area contributed by atoms with Gasteiger partial charge in [0.2, 0.25) is 0 Å². The van der Waals surface area contributed by atoms with Gasteiger partial charge in [0.15, 0.2) is 0 Å². The molecular formula is C20H40O2. The monoisotopic (exact) mass is 312 g/mol. The van der Waals surface area contributed by atoms with Gasteiger partial charge in [0, 0.05) is 6.42 Å². The second-order valence-corrected chi connectivity index (χ2v) is 9.16. The molecule has 0 aliphatic rings. The quantitative estimate of drug-likeness (QED) is 0.465. The first kappa shape index (κ1) is 21.5. The molecule has 0 radical (unpaired) electrons. The van der Waals surface area contributed by atoms with Crippen molar-refractivity contribution >= 4 is 5.97 Å². The van der Waals surface area contributed by atoms with Crippen LogP contribution in [0.3, 0.4) is 0 Å². The Hall–Kier alpha value is -0.530. The van der Waals surface area contributed by atoms with E-state index >= 15 is 0 Å². The number of aliphatic carboxylic acids is 1. The normalized spacial score (nSPS) is 15.6. The second-order valence-electron chi connectivity index (χ2n) is 9.16. The van der Waals surface area contributed by atoms with E-state index < -0.39 is 5.97 Å². The van der Waals surface area contributed by atoms with Crippen molar-refractivity contribution in [2.75, 3.05) is 0 Å². The SMILES string of the molecule is CCCCCCCC(CC(CC(=O)O)C(C)(C)C)C(C)(C)C. The standard InChI is InChI=1S/C20H40O2/c1-8-9-10-11-12-13-16(19(2,3)4)14-17(15-18(21)22)20(5,6)7/h16-17H,8-15H2,1-7H3,(H,21,22). The van der Waals surface area contributed by atoms with Gasteiger partial charge in [-0.3, -0.25) is 4.79 Å². The van der Waals surface area contributed by atoms with E-state index in [9.17, 15) is 9.90 Å². The maximum Gasteiger partial charge on any atom is 0.303 e. The van der Waals surface area contributed by atoms with Gasteiger partial charge < -0.3 is 5.11 Å². The van der Waals surface area contributed by atoms with E-state index in [4.69, 9.17) is 0 Å². The summed E-state index contributed by atoms with van der Waals surface area (Å²) in [7, 11) is 0. The lowest BCUT2D eigenvalue weighted by molar-refractivity contribution is -0.139. The number of rotatable bonds is 10. The minimum absolute atomic E-state index is 0.0596. The minimum atomic E-state index is -0.657.